The van der Waals surface area contributed by atoms with Gasteiger partial charge in [0.1, 0.15) is 0 Å². The standard InChI is InChI=1S/C24H27O2P.C13H17O3P.3Na/c1-5-11-21-15-10-16-22(12-6-2)24(21)18-27(25,26)17-23-19(7-3)13-9-14-20(23)8-4;1-3-6-11-8-5-9-12(7-4-2)13(11)10-17(14,15)16;;;/h5-16H,3-4,17-18H2,1-2H3,(H,25,26);3-9H,10H2,1-2H3,(H2,14,15,16);;;/q;;3*+1/p-3/b11-5-,12-6+;6-3-,7-4+;;;. The first-order valence-electron chi connectivity index (χ1n) is 14.3. The van der Waals surface area contributed by atoms with Gasteiger partial charge >= 0.3 is 88.7 Å². The molecule has 232 valence electrons. The van der Waals surface area contributed by atoms with Crippen molar-refractivity contribution in [3.8, 4) is 0 Å². The second kappa shape index (κ2) is 24.6. The van der Waals surface area contributed by atoms with E-state index < -0.39 is 21.1 Å². The van der Waals surface area contributed by atoms with Gasteiger partial charge in [-0.3, -0.25) is 0 Å². The molecule has 0 bridgehead atoms. The maximum absolute atomic E-state index is 13.1. The smallest absolute Gasteiger partial charge is 0.810 e. The second-order valence-corrected chi connectivity index (χ2v) is 13.9. The van der Waals surface area contributed by atoms with Gasteiger partial charge in [-0.1, -0.05) is 136 Å². The molecule has 0 aliphatic heterocycles. The maximum Gasteiger partial charge on any atom is 1.00 e. The van der Waals surface area contributed by atoms with Crippen LogP contribution in [0.25, 0.3) is 36.5 Å². The zero-order valence-corrected chi connectivity index (χ0v) is 36.7. The van der Waals surface area contributed by atoms with Crippen molar-refractivity contribution in [3.05, 3.63) is 142 Å². The Morgan fingerprint density at radius 2 is 0.766 bits per heavy atom. The van der Waals surface area contributed by atoms with Crippen molar-refractivity contribution in [2.24, 2.45) is 0 Å². The zero-order chi connectivity index (χ0) is 32.8. The van der Waals surface area contributed by atoms with E-state index in [0.717, 1.165) is 44.5 Å². The Morgan fingerprint density at radius 3 is 1.02 bits per heavy atom. The largest absolute Gasteiger partial charge is 1.00 e. The molecule has 1 atom stereocenters. The van der Waals surface area contributed by atoms with Crippen LogP contribution in [0.2, 0.25) is 0 Å². The van der Waals surface area contributed by atoms with Crippen molar-refractivity contribution in [2.75, 3.05) is 0 Å². The zero-order valence-electron chi connectivity index (χ0n) is 28.9. The molecule has 10 heteroatoms. The van der Waals surface area contributed by atoms with Crippen molar-refractivity contribution in [2.45, 2.75) is 46.2 Å². The summed E-state index contributed by atoms with van der Waals surface area (Å²) in [6.45, 7) is 15.2. The van der Waals surface area contributed by atoms with Crippen molar-refractivity contribution in [3.63, 3.8) is 0 Å². The van der Waals surface area contributed by atoms with Crippen molar-refractivity contribution < 1.29 is 112 Å². The quantitative estimate of drug-likeness (QED) is 0.189. The monoisotopic (exact) mass is 696 g/mol. The van der Waals surface area contributed by atoms with Gasteiger partial charge in [0.05, 0.1) is 0 Å². The van der Waals surface area contributed by atoms with Crippen LogP contribution in [0.15, 0.2) is 92.1 Å². The fourth-order valence-corrected chi connectivity index (χ4v) is 7.43. The minimum Gasteiger partial charge on any atom is -0.810 e. The van der Waals surface area contributed by atoms with E-state index in [9.17, 15) is 23.8 Å². The number of benzene rings is 3. The Balaban J connectivity index is 0. The number of allylic oxidation sites excluding steroid dienone is 4. The fraction of sp³-hybridized carbons (Fsp3) is 0.189. The molecule has 0 aromatic heterocycles. The van der Waals surface area contributed by atoms with Crippen LogP contribution in [0, 0.1) is 0 Å². The molecule has 3 aromatic rings. The molecule has 0 amide bonds. The van der Waals surface area contributed by atoms with Crippen LogP contribution < -0.4 is 103 Å². The minimum atomic E-state index is -4.56. The summed E-state index contributed by atoms with van der Waals surface area (Å²) in [7, 11) is -8.29. The third-order valence-corrected chi connectivity index (χ3v) is 9.02. The molecular formula is C37H41Na3O5P2. The molecule has 0 aliphatic carbocycles. The van der Waals surface area contributed by atoms with Gasteiger partial charge in [-0.15, -0.1) is 0 Å². The van der Waals surface area contributed by atoms with E-state index in [0.29, 0.717) is 5.56 Å². The fourth-order valence-electron chi connectivity index (χ4n) is 4.87. The molecule has 47 heavy (non-hydrogen) atoms. The first kappa shape index (κ1) is 48.6. The van der Waals surface area contributed by atoms with Gasteiger partial charge in [0, 0.05) is 25.9 Å². The Labute approximate surface area is 348 Å². The van der Waals surface area contributed by atoms with Crippen LogP contribution in [0.5, 0.6) is 0 Å². The Kier molecular flexibility index (Phi) is 25.4. The molecular weight excluding hydrogens is 655 g/mol. The molecule has 0 radical (unpaired) electrons. The normalized spacial score (nSPS) is 12.5. The van der Waals surface area contributed by atoms with Crippen molar-refractivity contribution in [1.29, 1.82) is 0 Å². The predicted octanol–water partition coefficient (Wildman–Crippen LogP) is -0.444. The van der Waals surface area contributed by atoms with Crippen LogP contribution in [0.4, 0.5) is 0 Å². The number of hydrogen-bond donors (Lipinski definition) is 0. The van der Waals surface area contributed by atoms with Crippen LogP contribution in [-0.2, 0) is 27.6 Å². The van der Waals surface area contributed by atoms with E-state index in [4.69, 9.17) is 0 Å². The SMILES string of the molecule is C/C=C\c1cccc(/C=C/C)c1CP(=O)([O-])[O-].C=Cc1cccc(C=C)c1CP(=O)([O-])Cc1c(/C=C\C)cccc1/C=C/C.[Na+].[Na+].[Na+]. The molecule has 5 nitrogen and oxygen atoms in total. The summed E-state index contributed by atoms with van der Waals surface area (Å²) >= 11 is 0. The minimum absolute atomic E-state index is 0. The van der Waals surface area contributed by atoms with E-state index in [1.54, 1.807) is 36.4 Å². The van der Waals surface area contributed by atoms with Crippen LogP contribution in [-0.4, -0.2) is 0 Å². The Morgan fingerprint density at radius 1 is 0.511 bits per heavy atom. The van der Waals surface area contributed by atoms with Crippen LogP contribution >= 0.6 is 15.0 Å². The topological polar surface area (TPSA) is 103 Å². The molecule has 0 spiro atoms. The third-order valence-electron chi connectivity index (χ3n) is 6.72. The molecule has 0 aliphatic rings. The van der Waals surface area contributed by atoms with Gasteiger partial charge in [0.25, 0.3) is 0 Å². The molecule has 3 aromatic carbocycles. The van der Waals surface area contributed by atoms with Crippen LogP contribution in [0.3, 0.4) is 0 Å². The van der Waals surface area contributed by atoms with Gasteiger partial charge in [0.15, 0.2) is 0 Å². The average molecular weight is 697 g/mol. The summed E-state index contributed by atoms with van der Waals surface area (Å²) in [6, 6.07) is 17.0. The van der Waals surface area contributed by atoms with Crippen molar-refractivity contribution >= 4 is 51.4 Å². The van der Waals surface area contributed by atoms with Crippen LogP contribution in [0.1, 0.15) is 77.8 Å². The predicted molar refractivity (Wildman–Crippen MR) is 185 cm³/mol. The molecule has 1 unspecified atom stereocenters. The summed E-state index contributed by atoms with van der Waals surface area (Å²) in [5.41, 5.74) is 7.25. The third kappa shape index (κ3) is 16.3. The summed E-state index contributed by atoms with van der Waals surface area (Å²) in [6.07, 6.45) is 17.9. The summed E-state index contributed by atoms with van der Waals surface area (Å²) in [5, 5.41) is 0. The summed E-state index contributed by atoms with van der Waals surface area (Å²) < 4.78 is 24.1. The van der Waals surface area contributed by atoms with E-state index in [1.165, 1.54) is 0 Å². The van der Waals surface area contributed by atoms with Gasteiger partial charge < -0.3 is 23.8 Å². The molecule has 0 saturated carbocycles. The summed E-state index contributed by atoms with van der Waals surface area (Å²) in [5.74, 6) is 0. The number of hydrogen-bond acceptors (Lipinski definition) is 5. The van der Waals surface area contributed by atoms with E-state index in [1.807, 2.05) is 107 Å². The van der Waals surface area contributed by atoms with E-state index in [-0.39, 0.29) is 101 Å². The Hall–Kier alpha value is -0.560. The summed E-state index contributed by atoms with van der Waals surface area (Å²) in [4.78, 5) is 35.0. The molecule has 0 saturated heterocycles. The van der Waals surface area contributed by atoms with Gasteiger partial charge in [-0.2, -0.15) is 0 Å². The second-order valence-electron chi connectivity index (χ2n) is 10.1. The number of rotatable bonds is 12. The van der Waals surface area contributed by atoms with E-state index in [2.05, 4.69) is 13.2 Å². The Bertz CT molecular complexity index is 1580. The van der Waals surface area contributed by atoms with Gasteiger partial charge in [-0.25, -0.2) is 0 Å². The van der Waals surface area contributed by atoms with E-state index >= 15 is 0 Å². The molecule has 0 N–H and O–H groups in total. The maximum atomic E-state index is 13.1. The first-order chi connectivity index (χ1) is 20.9. The van der Waals surface area contributed by atoms with Crippen molar-refractivity contribution in [1.82, 2.24) is 0 Å². The van der Waals surface area contributed by atoms with Gasteiger partial charge in [-0.05, 0) is 77.8 Å². The molecule has 0 heterocycles. The average Bonchev–Trinajstić information content (AvgIpc) is 2.96. The first-order valence-corrected chi connectivity index (χ1v) is 18.1. The molecule has 3 rings (SSSR count). The van der Waals surface area contributed by atoms with Gasteiger partial charge in [0.2, 0.25) is 0 Å². The molecule has 0 fully saturated rings.